The number of hydrogen-bond donors (Lipinski definition) is 2. The van der Waals surface area contributed by atoms with Crippen LogP contribution in [0.15, 0.2) is 54.9 Å². The van der Waals surface area contributed by atoms with Crippen molar-refractivity contribution < 1.29 is 23.8 Å². The Balaban J connectivity index is 1.89. The fourth-order valence-electron chi connectivity index (χ4n) is 3.15. The smallest absolute Gasteiger partial charge is 0.255 e. The summed E-state index contributed by atoms with van der Waals surface area (Å²) in [7, 11) is 1.40. The lowest BCUT2D eigenvalue weighted by Crippen LogP contribution is -2.24. The number of hydrogen-bond acceptors (Lipinski definition) is 5. The largest absolute Gasteiger partial charge is 0.494 e. The van der Waals surface area contributed by atoms with E-state index in [2.05, 4.69) is 10.3 Å². The highest BCUT2D eigenvalue weighted by Crippen LogP contribution is 2.29. The Kier molecular flexibility index (Phi) is 7.20. The van der Waals surface area contributed by atoms with Gasteiger partial charge < -0.3 is 19.9 Å². The van der Waals surface area contributed by atoms with E-state index in [1.807, 2.05) is 19.9 Å². The van der Waals surface area contributed by atoms with Gasteiger partial charge in [-0.25, -0.2) is 4.39 Å². The maximum Gasteiger partial charge on any atom is 0.255 e. The lowest BCUT2D eigenvalue weighted by Gasteiger charge is -2.16. The molecular weight excluding hydrogens is 399 g/mol. The normalized spacial score (nSPS) is 10.8. The van der Waals surface area contributed by atoms with Gasteiger partial charge in [0.25, 0.3) is 5.91 Å². The molecule has 0 atom stereocenters. The van der Waals surface area contributed by atoms with Crippen LogP contribution < -0.4 is 14.8 Å². The number of carbonyl (C=O) groups is 1. The number of aliphatic hydroxyl groups is 1. The molecule has 0 fully saturated rings. The van der Waals surface area contributed by atoms with Crippen LogP contribution >= 0.6 is 0 Å². The van der Waals surface area contributed by atoms with Crippen LogP contribution in [0.3, 0.4) is 0 Å². The minimum atomic E-state index is -0.492. The Morgan fingerprint density at radius 2 is 1.94 bits per heavy atom. The van der Waals surface area contributed by atoms with Crippen molar-refractivity contribution in [2.45, 2.75) is 33.1 Å². The highest BCUT2D eigenvalue weighted by atomic mass is 19.1. The third-order valence-corrected chi connectivity index (χ3v) is 4.65. The molecule has 0 saturated heterocycles. The third-order valence-electron chi connectivity index (χ3n) is 4.65. The zero-order valence-corrected chi connectivity index (χ0v) is 17.7. The Labute approximate surface area is 180 Å². The molecule has 1 amide bonds. The monoisotopic (exact) mass is 424 g/mol. The molecule has 162 valence electrons. The SMILES string of the molecule is COc1ccc(CNC(=O)c2cc(-c3cnccc3CO)ccc2OC(C)C)cc1F. The molecule has 3 rings (SSSR count). The summed E-state index contributed by atoms with van der Waals surface area (Å²) in [4.78, 5) is 17.1. The summed E-state index contributed by atoms with van der Waals surface area (Å²) in [6.45, 7) is 3.74. The zero-order valence-electron chi connectivity index (χ0n) is 17.7. The van der Waals surface area contributed by atoms with Crippen molar-refractivity contribution in [3.63, 3.8) is 0 Å². The topological polar surface area (TPSA) is 80.7 Å². The molecule has 7 heteroatoms. The molecule has 6 nitrogen and oxygen atoms in total. The Hall–Kier alpha value is -3.45. The van der Waals surface area contributed by atoms with E-state index in [1.165, 1.54) is 19.2 Å². The number of carbonyl (C=O) groups excluding carboxylic acids is 1. The van der Waals surface area contributed by atoms with Gasteiger partial charge in [-0.1, -0.05) is 12.1 Å². The number of benzene rings is 2. The third kappa shape index (κ3) is 5.38. The Morgan fingerprint density at radius 1 is 1.16 bits per heavy atom. The first-order valence-electron chi connectivity index (χ1n) is 9.88. The average Bonchev–Trinajstić information content (AvgIpc) is 2.77. The number of nitrogens with zero attached hydrogens (tertiary/aromatic N) is 1. The van der Waals surface area contributed by atoms with Crippen molar-refractivity contribution in [2.75, 3.05) is 7.11 Å². The molecule has 0 aliphatic heterocycles. The predicted octanol–water partition coefficient (Wildman–Crippen LogP) is 4.11. The lowest BCUT2D eigenvalue weighted by atomic mass is 9.99. The summed E-state index contributed by atoms with van der Waals surface area (Å²) in [6, 6.07) is 11.5. The molecule has 0 saturated carbocycles. The van der Waals surface area contributed by atoms with E-state index in [0.717, 1.165) is 11.1 Å². The van der Waals surface area contributed by atoms with Gasteiger partial charge in [-0.2, -0.15) is 0 Å². The van der Waals surface area contributed by atoms with Crippen LogP contribution in [0.1, 0.15) is 35.3 Å². The first kappa shape index (κ1) is 22.2. The Morgan fingerprint density at radius 3 is 2.61 bits per heavy atom. The van der Waals surface area contributed by atoms with E-state index in [-0.39, 0.29) is 30.9 Å². The maximum absolute atomic E-state index is 13.9. The minimum Gasteiger partial charge on any atom is -0.494 e. The number of rotatable bonds is 8. The number of nitrogens with one attached hydrogen (secondary N) is 1. The quantitative estimate of drug-likeness (QED) is 0.569. The summed E-state index contributed by atoms with van der Waals surface area (Å²) in [5.74, 6) is -0.269. The predicted molar refractivity (Wildman–Crippen MR) is 115 cm³/mol. The van der Waals surface area contributed by atoms with Gasteiger partial charge in [-0.05, 0) is 60.9 Å². The molecule has 1 heterocycles. The number of pyridine rings is 1. The van der Waals surface area contributed by atoms with Crippen molar-refractivity contribution in [1.29, 1.82) is 0 Å². The molecule has 3 aromatic rings. The summed E-state index contributed by atoms with van der Waals surface area (Å²) in [5, 5.41) is 12.4. The number of ether oxygens (including phenoxy) is 2. The fourth-order valence-corrected chi connectivity index (χ4v) is 3.15. The van der Waals surface area contributed by atoms with Crippen LogP contribution in [0.5, 0.6) is 11.5 Å². The molecule has 0 unspecified atom stereocenters. The van der Waals surface area contributed by atoms with Crippen molar-refractivity contribution in [3.8, 4) is 22.6 Å². The first-order valence-corrected chi connectivity index (χ1v) is 9.88. The zero-order chi connectivity index (χ0) is 22.4. The maximum atomic E-state index is 13.9. The van der Waals surface area contributed by atoms with Crippen LogP contribution in [0.25, 0.3) is 11.1 Å². The molecular formula is C24H25FN2O4. The number of aliphatic hydroxyl groups excluding tert-OH is 1. The Bertz CT molecular complexity index is 1070. The molecule has 31 heavy (non-hydrogen) atoms. The average molecular weight is 424 g/mol. The van der Waals surface area contributed by atoms with E-state index in [0.29, 0.717) is 22.4 Å². The second kappa shape index (κ2) is 10.0. The standard InChI is InChI=1S/C24H25FN2O4/c1-15(2)31-22-7-5-17(20-13-26-9-8-18(20)14-28)11-19(22)24(29)27-12-16-4-6-23(30-3)21(25)10-16/h4-11,13,15,28H,12,14H2,1-3H3,(H,27,29). The molecule has 1 aromatic heterocycles. The molecule has 0 aliphatic rings. The minimum absolute atomic E-state index is 0.125. The van der Waals surface area contributed by atoms with Crippen molar-refractivity contribution in [1.82, 2.24) is 10.3 Å². The highest BCUT2D eigenvalue weighted by molar-refractivity contribution is 5.98. The van der Waals surface area contributed by atoms with Gasteiger partial charge in [0.15, 0.2) is 11.6 Å². The first-order chi connectivity index (χ1) is 14.9. The summed E-state index contributed by atoms with van der Waals surface area (Å²) in [5.41, 5.74) is 3.10. The van der Waals surface area contributed by atoms with Crippen LogP contribution in [-0.2, 0) is 13.2 Å². The van der Waals surface area contributed by atoms with Gasteiger partial charge in [-0.15, -0.1) is 0 Å². The second-order valence-corrected chi connectivity index (χ2v) is 7.22. The number of halogens is 1. The summed E-state index contributed by atoms with van der Waals surface area (Å²) >= 11 is 0. The number of methoxy groups -OCH3 is 1. The molecule has 2 N–H and O–H groups in total. The van der Waals surface area contributed by atoms with E-state index in [9.17, 15) is 14.3 Å². The van der Waals surface area contributed by atoms with E-state index in [1.54, 1.807) is 36.7 Å². The fraction of sp³-hybridized carbons (Fsp3) is 0.250. The molecule has 0 aliphatic carbocycles. The van der Waals surface area contributed by atoms with Gasteiger partial charge in [0.05, 0.1) is 25.4 Å². The lowest BCUT2D eigenvalue weighted by molar-refractivity contribution is 0.0945. The van der Waals surface area contributed by atoms with Crippen LogP contribution in [0.2, 0.25) is 0 Å². The summed E-state index contributed by atoms with van der Waals surface area (Å²) < 4.78 is 24.7. The van der Waals surface area contributed by atoms with Crippen molar-refractivity contribution in [3.05, 3.63) is 77.4 Å². The van der Waals surface area contributed by atoms with Gasteiger partial charge >= 0.3 is 0 Å². The van der Waals surface area contributed by atoms with E-state index in [4.69, 9.17) is 9.47 Å². The highest BCUT2D eigenvalue weighted by Gasteiger charge is 2.17. The van der Waals surface area contributed by atoms with Gasteiger partial charge in [-0.3, -0.25) is 9.78 Å². The molecule has 0 spiro atoms. The van der Waals surface area contributed by atoms with Crippen molar-refractivity contribution >= 4 is 5.91 Å². The van der Waals surface area contributed by atoms with Crippen LogP contribution in [0, 0.1) is 5.82 Å². The van der Waals surface area contributed by atoms with Crippen molar-refractivity contribution in [2.24, 2.45) is 0 Å². The van der Waals surface area contributed by atoms with E-state index >= 15 is 0 Å². The summed E-state index contributed by atoms with van der Waals surface area (Å²) in [6.07, 6.45) is 3.12. The number of aromatic nitrogens is 1. The van der Waals surface area contributed by atoms with E-state index < -0.39 is 5.82 Å². The number of amides is 1. The van der Waals surface area contributed by atoms with Gasteiger partial charge in [0.1, 0.15) is 5.75 Å². The van der Waals surface area contributed by atoms with Gasteiger partial charge in [0, 0.05) is 24.5 Å². The molecule has 2 aromatic carbocycles. The van der Waals surface area contributed by atoms with Crippen LogP contribution in [-0.4, -0.2) is 29.2 Å². The van der Waals surface area contributed by atoms with Crippen LogP contribution in [0.4, 0.5) is 4.39 Å². The molecule has 0 bridgehead atoms. The molecule has 0 radical (unpaired) electrons. The second-order valence-electron chi connectivity index (χ2n) is 7.22. The van der Waals surface area contributed by atoms with Gasteiger partial charge in [0.2, 0.25) is 0 Å².